The van der Waals surface area contributed by atoms with Crippen molar-refractivity contribution in [3.63, 3.8) is 0 Å². The average Bonchev–Trinajstić information content (AvgIpc) is 3.11. The number of benzene rings is 1. The van der Waals surface area contributed by atoms with Gasteiger partial charge in [0.25, 0.3) is 0 Å². The maximum atomic E-state index is 11.8. The monoisotopic (exact) mass is 374 g/mol. The molecule has 138 valence electrons. The second-order valence-electron chi connectivity index (χ2n) is 6.33. The van der Waals surface area contributed by atoms with E-state index in [9.17, 15) is 4.79 Å². The van der Waals surface area contributed by atoms with Gasteiger partial charge in [0.15, 0.2) is 5.76 Å². The lowest BCUT2D eigenvalue weighted by Crippen LogP contribution is -2.49. The van der Waals surface area contributed by atoms with Gasteiger partial charge in [-0.25, -0.2) is 0 Å². The summed E-state index contributed by atoms with van der Waals surface area (Å²) in [5.74, 6) is 0.883. The van der Waals surface area contributed by atoms with E-state index in [-0.39, 0.29) is 5.91 Å². The van der Waals surface area contributed by atoms with E-state index in [4.69, 9.17) is 16.1 Å². The number of carbonyl (C=O) groups is 1. The molecule has 0 radical (unpaired) electrons. The molecule has 2 heterocycles. The van der Waals surface area contributed by atoms with Crippen molar-refractivity contribution in [2.75, 3.05) is 39.3 Å². The Morgan fingerprint density at radius 2 is 1.92 bits per heavy atom. The van der Waals surface area contributed by atoms with Crippen molar-refractivity contribution in [1.82, 2.24) is 20.3 Å². The standard InChI is InChI=1S/C19H23ClN4O2/c1-2-7-21-19(25)14-24-10-8-23(9-11-24)13-17-12-18(22-26-17)15-3-5-16(20)6-4-15/h2-6,12H,1,7-11,13-14H2,(H,21,25). The van der Waals surface area contributed by atoms with Crippen molar-refractivity contribution in [3.05, 3.63) is 53.8 Å². The zero-order valence-corrected chi connectivity index (χ0v) is 15.4. The molecule has 0 spiro atoms. The fourth-order valence-electron chi connectivity index (χ4n) is 2.92. The second kappa shape index (κ2) is 8.98. The predicted molar refractivity (Wildman–Crippen MR) is 102 cm³/mol. The van der Waals surface area contributed by atoms with Crippen LogP contribution in [0, 0.1) is 0 Å². The van der Waals surface area contributed by atoms with Crippen LogP contribution in [0.25, 0.3) is 11.3 Å². The van der Waals surface area contributed by atoms with Crippen LogP contribution >= 0.6 is 11.6 Å². The Balaban J connectivity index is 1.47. The first kappa shape index (κ1) is 18.6. The van der Waals surface area contributed by atoms with Crippen LogP contribution in [-0.4, -0.2) is 60.1 Å². The third-order valence-electron chi connectivity index (χ3n) is 4.35. The lowest BCUT2D eigenvalue weighted by Gasteiger charge is -2.33. The first-order valence-electron chi connectivity index (χ1n) is 8.68. The number of amides is 1. The maximum absolute atomic E-state index is 11.8. The number of hydrogen-bond donors (Lipinski definition) is 1. The fraction of sp³-hybridized carbons (Fsp3) is 0.368. The van der Waals surface area contributed by atoms with Crippen molar-refractivity contribution < 1.29 is 9.32 Å². The van der Waals surface area contributed by atoms with E-state index >= 15 is 0 Å². The highest BCUT2D eigenvalue weighted by Crippen LogP contribution is 2.22. The molecule has 7 heteroatoms. The summed E-state index contributed by atoms with van der Waals surface area (Å²) in [7, 11) is 0. The number of piperazine rings is 1. The molecule has 0 bridgehead atoms. The summed E-state index contributed by atoms with van der Waals surface area (Å²) in [6, 6.07) is 9.52. The van der Waals surface area contributed by atoms with Gasteiger partial charge in [-0.05, 0) is 12.1 Å². The summed E-state index contributed by atoms with van der Waals surface area (Å²) >= 11 is 5.92. The summed E-state index contributed by atoms with van der Waals surface area (Å²) < 4.78 is 5.48. The van der Waals surface area contributed by atoms with Crippen molar-refractivity contribution in [2.45, 2.75) is 6.54 Å². The Hall–Kier alpha value is -2.15. The molecule has 2 aromatic rings. The number of nitrogens with zero attached hydrogens (tertiary/aromatic N) is 3. The number of hydrogen-bond acceptors (Lipinski definition) is 5. The minimum absolute atomic E-state index is 0.0428. The van der Waals surface area contributed by atoms with E-state index in [0.29, 0.717) is 18.1 Å². The highest BCUT2D eigenvalue weighted by Gasteiger charge is 2.20. The van der Waals surface area contributed by atoms with Gasteiger partial charge < -0.3 is 9.84 Å². The molecule has 0 unspecified atom stereocenters. The van der Waals surface area contributed by atoms with Gasteiger partial charge in [-0.2, -0.15) is 0 Å². The molecular formula is C19H23ClN4O2. The topological polar surface area (TPSA) is 61.6 Å². The lowest BCUT2D eigenvalue weighted by molar-refractivity contribution is -0.122. The number of aromatic nitrogens is 1. The van der Waals surface area contributed by atoms with Gasteiger partial charge in [-0.1, -0.05) is 35.0 Å². The third-order valence-corrected chi connectivity index (χ3v) is 4.61. The highest BCUT2D eigenvalue weighted by molar-refractivity contribution is 6.30. The van der Waals surface area contributed by atoms with Crippen LogP contribution in [-0.2, 0) is 11.3 Å². The van der Waals surface area contributed by atoms with E-state index in [1.165, 1.54) is 0 Å². The van der Waals surface area contributed by atoms with E-state index < -0.39 is 0 Å². The maximum Gasteiger partial charge on any atom is 0.234 e. The highest BCUT2D eigenvalue weighted by atomic mass is 35.5. The second-order valence-corrected chi connectivity index (χ2v) is 6.77. The molecule has 1 aromatic heterocycles. The number of halogens is 1. The van der Waals surface area contributed by atoms with Crippen molar-refractivity contribution in [3.8, 4) is 11.3 Å². The van der Waals surface area contributed by atoms with E-state index in [1.807, 2.05) is 30.3 Å². The molecule has 6 nitrogen and oxygen atoms in total. The van der Waals surface area contributed by atoms with E-state index in [0.717, 1.165) is 49.7 Å². The fourth-order valence-corrected chi connectivity index (χ4v) is 3.04. The zero-order valence-electron chi connectivity index (χ0n) is 14.7. The van der Waals surface area contributed by atoms with Crippen LogP contribution in [0.2, 0.25) is 5.02 Å². The van der Waals surface area contributed by atoms with Gasteiger partial charge in [0, 0.05) is 49.4 Å². The third kappa shape index (κ3) is 5.17. The van der Waals surface area contributed by atoms with Gasteiger partial charge in [0.1, 0.15) is 5.69 Å². The summed E-state index contributed by atoms with van der Waals surface area (Å²) in [5.41, 5.74) is 1.80. The zero-order chi connectivity index (χ0) is 18.4. The SMILES string of the molecule is C=CCNC(=O)CN1CCN(Cc2cc(-c3ccc(Cl)cc3)no2)CC1. The molecule has 1 aliphatic heterocycles. The number of carbonyl (C=O) groups excluding carboxylic acids is 1. The molecule has 1 saturated heterocycles. The van der Waals surface area contributed by atoms with E-state index in [2.05, 4.69) is 26.9 Å². The van der Waals surface area contributed by atoms with Crippen LogP contribution in [0.1, 0.15) is 5.76 Å². The van der Waals surface area contributed by atoms with Crippen LogP contribution in [0.5, 0.6) is 0 Å². The molecule has 1 fully saturated rings. The van der Waals surface area contributed by atoms with Crippen LogP contribution in [0.3, 0.4) is 0 Å². The molecule has 0 atom stereocenters. The van der Waals surface area contributed by atoms with Gasteiger partial charge in [-0.3, -0.25) is 14.6 Å². The van der Waals surface area contributed by atoms with Crippen LogP contribution in [0.15, 0.2) is 47.5 Å². The Kier molecular flexibility index (Phi) is 6.44. The Morgan fingerprint density at radius 1 is 1.23 bits per heavy atom. The van der Waals surface area contributed by atoms with Gasteiger partial charge in [0.05, 0.1) is 13.1 Å². The van der Waals surface area contributed by atoms with Crippen molar-refractivity contribution >= 4 is 17.5 Å². The largest absolute Gasteiger partial charge is 0.359 e. The van der Waals surface area contributed by atoms with Crippen molar-refractivity contribution in [1.29, 1.82) is 0 Å². The normalized spacial score (nSPS) is 15.7. The Morgan fingerprint density at radius 3 is 2.62 bits per heavy atom. The van der Waals surface area contributed by atoms with Crippen LogP contribution < -0.4 is 5.32 Å². The lowest BCUT2D eigenvalue weighted by atomic mass is 10.1. The Labute approximate surface area is 158 Å². The molecule has 0 aliphatic carbocycles. The smallest absolute Gasteiger partial charge is 0.234 e. The molecule has 1 N–H and O–H groups in total. The van der Waals surface area contributed by atoms with Gasteiger partial charge in [0.2, 0.25) is 5.91 Å². The van der Waals surface area contributed by atoms with Crippen LogP contribution in [0.4, 0.5) is 0 Å². The number of nitrogens with one attached hydrogen (secondary N) is 1. The minimum Gasteiger partial charge on any atom is -0.359 e. The molecular weight excluding hydrogens is 352 g/mol. The summed E-state index contributed by atoms with van der Waals surface area (Å²) in [6.07, 6.45) is 1.69. The summed E-state index contributed by atoms with van der Waals surface area (Å²) in [5, 5.41) is 7.66. The number of rotatable bonds is 7. The molecule has 0 saturated carbocycles. The molecule has 3 rings (SSSR count). The molecule has 1 aromatic carbocycles. The quantitative estimate of drug-likeness (QED) is 0.754. The minimum atomic E-state index is 0.0428. The van der Waals surface area contributed by atoms with Gasteiger partial charge in [-0.15, -0.1) is 6.58 Å². The first-order chi connectivity index (χ1) is 12.6. The van der Waals surface area contributed by atoms with Crippen molar-refractivity contribution in [2.24, 2.45) is 0 Å². The average molecular weight is 375 g/mol. The molecule has 1 aliphatic rings. The van der Waals surface area contributed by atoms with Gasteiger partial charge >= 0.3 is 0 Å². The first-order valence-corrected chi connectivity index (χ1v) is 9.05. The predicted octanol–water partition coefficient (Wildman–Crippen LogP) is 2.41. The summed E-state index contributed by atoms with van der Waals surface area (Å²) in [4.78, 5) is 16.2. The van der Waals surface area contributed by atoms with E-state index in [1.54, 1.807) is 6.08 Å². The Bertz CT molecular complexity index is 736. The summed E-state index contributed by atoms with van der Waals surface area (Å²) in [6.45, 7) is 8.78. The molecule has 1 amide bonds. The molecule has 26 heavy (non-hydrogen) atoms.